The van der Waals surface area contributed by atoms with Crippen molar-refractivity contribution in [1.29, 1.82) is 0 Å². The van der Waals surface area contributed by atoms with Crippen LogP contribution >= 0.6 is 0 Å². The van der Waals surface area contributed by atoms with E-state index in [9.17, 15) is 9.18 Å². The van der Waals surface area contributed by atoms with Crippen molar-refractivity contribution in [2.24, 2.45) is 0 Å². The molecule has 0 atom stereocenters. The zero-order valence-corrected chi connectivity index (χ0v) is 14.6. The molecular formula is C20H21FN2O2. The Morgan fingerprint density at radius 3 is 2.76 bits per heavy atom. The van der Waals surface area contributed by atoms with Gasteiger partial charge in [-0.3, -0.25) is 4.79 Å². The number of nitrogens with one attached hydrogen (secondary N) is 1. The second kappa shape index (κ2) is 6.97. The lowest BCUT2D eigenvalue weighted by Crippen LogP contribution is -2.29. The number of amides is 1. The van der Waals surface area contributed by atoms with Gasteiger partial charge in [0.15, 0.2) is 0 Å². The number of carbonyl (C=O) groups is 1. The zero-order valence-electron chi connectivity index (χ0n) is 14.6. The lowest BCUT2D eigenvalue weighted by atomic mass is 10.1. The number of benzene rings is 2. The van der Waals surface area contributed by atoms with Gasteiger partial charge in [-0.1, -0.05) is 18.2 Å². The van der Waals surface area contributed by atoms with Crippen molar-refractivity contribution in [2.45, 2.75) is 13.3 Å². The Kier molecular flexibility index (Phi) is 4.74. The quantitative estimate of drug-likeness (QED) is 0.765. The number of fused-ring (bicyclic) bond motifs is 1. The number of nitrogens with zero attached hydrogens (tertiary/aromatic N) is 1. The molecule has 0 saturated carbocycles. The van der Waals surface area contributed by atoms with E-state index in [1.165, 1.54) is 12.1 Å². The van der Waals surface area contributed by atoms with E-state index in [4.69, 9.17) is 4.74 Å². The molecule has 3 aromatic rings. The normalized spacial score (nSPS) is 10.9. The Morgan fingerprint density at radius 2 is 2.00 bits per heavy atom. The summed E-state index contributed by atoms with van der Waals surface area (Å²) in [6.07, 6.45) is 0.683. The monoisotopic (exact) mass is 340 g/mol. The van der Waals surface area contributed by atoms with Crippen molar-refractivity contribution in [2.75, 3.05) is 20.7 Å². The molecule has 0 bridgehead atoms. The van der Waals surface area contributed by atoms with E-state index >= 15 is 0 Å². The van der Waals surface area contributed by atoms with Crippen LogP contribution < -0.4 is 4.74 Å². The maximum Gasteiger partial charge on any atom is 0.256 e. The van der Waals surface area contributed by atoms with Crippen molar-refractivity contribution in [1.82, 2.24) is 9.88 Å². The summed E-state index contributed by atoms with van der Waals surface area (Å²) in [5.74, 6) is 0.343. The lowest BCUT2D eigenvalue weighted by molar-refractivity contribution is 0.0797. The molecule has 0 saturated heterocycles. The third-order valence-electron chi connectivity index (χ3n) is 4.42. The molecule has 4 nitrogen and oxygen atoms in total. The summed E-state index contributed by atoms with van der Waals surface area (Å²) in [6, 6.07) is 12.2. The molecule has 0 spiro atoms. The maximum absolute atomic E-state index is 13.6. The molecule has 25 heavy (non-hydrogen) atoms. The van der Waals surface area contributed by atoms with Gasteiger partial charge >= 0.3 is 0 Å². The molecular weight excluding hydrogens is 319 g/mol. The van der Waals surface area contributed by atoms with Gasteiger partial charge in [0, 0.05) is 30.2 Å². The van der Waals surface area contributed by atoms with Gasteiger partial charge in [0.1, 0.15) is 11.6 Å². The molecule has 1 aromatic heterocycles. The molecule has 1 heterocycles. The Hall–Kier alpha value is -2.82. The molecule has 1 amide bonds. The van der Waals surface area contributed by atoms with Crippen LogP contribution in [-0.2, 0) is 6.42 Å². The highest BCUT2D eigenvalue weighted by atomic mass is 19.1. The third kappa shape index (κ3) is 3.36. The van der Waals surface area contributed by atoms with Crippen molar-refractivity contribution in [3.8, 4) is 5.75 Å². The summed E-state index contributed by atoms with van der Waals surface area (Å²) in [5.41, 5.74) is 3.08. The molecule has 0 fully saturated rings. The Morgan fingerprint density at radius 1 is 1.24 bits per heavy atom. The summed E-state index contributed by atoms with van der Waals surface area (Å²) in [6.45, 7) is 2.37. The van der Waals surface area contributed by atoms with Crippen LogP contribution in [0.4, 0.5) is 4.39 Å². The van der Waals surface area contributed by atoms with Crippen LogP contribution in [0.3, 0.4) is 0 Å². The number of aryl methyl sites for hydroxylation is 1. The number of carbonyl (C=O) groups excluding carboxylic acids is 1. The van der Waals surface area contributed by atoms with Gasteiger partial charge in [-0.25, -0.2) is 4.39 Å². The summed E-state index contributed by atoms with van der Waals surface area (Å²) in [7, 11) is 3.40. The van der Waals surface area contributed by atoms with Crippen molar-refractivity contribution in [3.05, 3.63) is 65.1 Å². The minimum Gasteiger partial charge on any atom is -0.496 e. The van der Waals surface area contributed by atoms with Gasteiger partial charge in [0.25, 0.3) is 5.91 Å². The molecule has 5 heteroatoms. The smallest absolute Gasteiger partial charge is 0.256 e. The molecule has 0 aliphatic carbocycles. The first-order chi connectivity index (χ1) is 12.0. The van der Waals surface area contributed by atoms with Crippen molar-refractivity contribution >= 4 is 16.8 Å². The highest BCUT2D eigenvalue weighted by Crippen LogP contribution is 2.25. The summed E-state index contributed by atoms with van der Waals surface area (Å²) in [4.78, 5) is 17.7. The third-order valence-corrected chi connectivity index (χ3v) is 4.42. The van der Waals surface area contributed by atoms with Gasteiger partial charge in [0.2, 0.25) is 0 Å². The molecule has 2 aromatic carbocycles. The number of rotatable bonds is 5. The van der Waals surface area contributed by atoms with Crippen LogP contribution in [0.1, 0.15) is 21.6 Å². The number of ether oxygens (including phenoxy) is 1. The van der Waals surface area contributed by atoms with E-state index in [1.54, 1.807) is 25.1 Å². The molecule has 130 valence electrons. The molecule has 0 aliphatic heterocycles. The predicted octanol–water partition coefficient (Wildman–Crippen LogP) is 3.94. The minimum atomic E-state index is -0.350. The SMILES string of the molecule is COc1ccccc1CCN(C)C(=O)c1c(C)[nH]c2ccc(F)cc12. The molecule has 0 unspecified atom stereocenters. The Balaban J connectivity index is 1.81. The predicted molar refractivity (Wildman–Crippen MR) is 96.7 cm³/mol. The number of likely N-dealkylation sites (N-methyl/N-ethyl adjacent to an activating group) is 1. The number of para-hydroxylation sites is 1. The molecule has 0 aliphatic rings. The number of aromatic nitrogens is 1. The number of hydrogen-bond donors (Lipinski definition) is 1. The number of aromatic amines is 1. The fourth-order valence-corrected chi connectivity index (χ4v) is 3.06. The summed E-state index contributed by atoms with van der Waals surface area (Å²) >= 11 is 0. The van der Waals surface area contributed by atoms with Crippen LogP contribution in [-0.4, -0.2) is 36.5 Å². The van der Waals surface area contributed by atoms with E-state index in [2.05, 4.69) is 4.98 Å². The summed E-state index contributed by atoms with van der Waals surface area (Å²) in [5, 5.41) is 0.617. The number of hydrogen-bond acceptors (Lipinski definition) is 2. The Bertz CT molecular complexity index is 917. The standard InChI is InChI=1S/C20H21FN2O2/c1-13-19(16-12-15(21)8-9-17(16)22-13)20(24)23(2)11-10-14-6-4-5-7-18(14)25-3/h4-9,12,22H,10-11H2,1-3H3. The molecule has 1 N–H and O–H groups in total. The van der Waals surface area contributed by atoms with E-state index in [1.807, 2.05) is 31.2 Å². The maximum atomic E-state index is 13.6. The van der Waals surface area contributed by atoms with Crippen molar-refractivity contribution in [3.63, 3.8) is 0 Å². The van der Waals surface area contributed by atoms with Gasteiger partial charge in [0.05, 0.1) is 12.7 Å². The number of methoxy groups -OCH3 is 1. The first-order valence-corrected chi connectivity index (χ1v) is 8.16. The largest absolute Gasteiger partial charge is 0.496 e. The van der Waals surface area contributed by atoms with Crippen LogP contribution in [0, 0.1) is 12.7 Å². The van der Waals surface area contributed by atoms with Gasteiger partial charge < -0.3 is 14.6 Å². The zero-order chi connectivity index (χ0) is 18.0. The highest BCUT2D eigenvalue weighted by molar-refractivity contribution is 6.08. The van der Waals surface area contributed by atoms with E-state index in [0.29, 0.717) is 23.9 Å². The lowest BCUT2D eigenvalue weighted by Gasteiger charge is -2.18. The fourth-order valence-electron chi connectivity index (χ4n) is 3.06. The van der Waals surface area contributed by atoms with Crippen molar-refractivity contribution < 1.29 is 13.9 Å². The van der Waals surface area contributed by atoms with Gasteiger partial charge in [-0.2, -0.15) is 0 Å². The number of halogens is 1. The Labute approximate surface area is 146 Å². The van der Waals surface area contributed by atoms with Crippen LogP contribution in [0.15, 0.2) is 42.5 Å². The first kappa shape index (κ1) is 17.0. The highest BCUT2D eigenvalue weighted by Gasteiger charge is 2.20. The molecule has 3 rings (SSSR count). The van der Waals surface area contributed by atoms with E-state index in [-0.39, 0.29) is 11.7 Å². The van der Waals surface area contributed by atoms with Crippen LogP contribution in [0.25, 0.3) is 10.9 Å². The average molecular weight is 340 g/mol. The van der Waals surface area contributed by atoms with Gasteiger partial charge in [-0.15, -0.1) is 0 Å². The van der Waals surface area contributed by atoms with E-state index < -0.39 is 0 Å². The summed E-state index contributed by atoms with van der Waals surface area (Å²) < 4.78 is 18.9. The minimum absolute atomic E-state index is 0.121. The average Bonchev–Trinajstić information content (AvgIpc) is 2.94. The van der Waals surface area contributed by atoms with Crippen LogP contribution in [0.2, 0.25) is 0 Å². The van der Waals surface area contributed by atoms with Crippen LogP contribution in [0.5, 0.6) is 5.75 Å². The first-order valence-electron chi connectivity index (χ1n) is 8.16. The second-order valence-electron chi connectivity index (χ2n) is 6.10. The topological polar surface area (TPSA) is 45.3 Å². The fraction of sp³-hybridized carbons (Fsp3) is 0.250. The van der Waals surface area contributed by atoms with E-state index in [0.717, 1.165) is 22.5 Å². The number of H-pyrrole nitrogens is 1. The van der Waals surface area contributed by atoms with Gasteiger partial charge in [-0.05, 0) is 43.2 Å². The molecule has 0 radical (unpaired) electrons. The second-order valence-corrected chi connectivity index (χ2v) is 6.10.